The summed E-state index contributed by atoms with van der Waals surface area (Å²) in [7, 11) is 0. The fourth-order valence-corrected chi connectivity index (χ4v) is 3.97. The minimum atomic E-state index is -0.0837. The number of carbonyl (C=O) groups excluding carboxylic acids is 1. The lowest BCUT2D eigenvalue weighted by Crippen LogP contribution is -2.53. The van der Waals surface area contributed by atoms with Gasteiger partial charge in [0, 0.05) is 32.6 Å². The predicted molar refractivity (Wildman–Crippen MR) is 102 cm³/mol. The molecule has 0 aromatic heterocycles. The maximum atomic E-state index is 11.9. The number of piperazine rings is 1. The Hall–Kier alpha value is -2.86. The Morgan fingerprint density at radius 2 is 1.67 bits per heavy atom. The van der Waals surface area contributed by atoms with Gasteiger partial charge in [0.25, 0.3) is 0 Å². The van der Waals surface area contributed by atoms with Crippen molar-refractivity contribution in [3.63, 3.8) is 0 Å². The minimum absolute atomic E-state index is 0.0806. The molecule has 0 N–H and O–H groups in total. The molecule has 0 aliphatic carbocycles. The summed E-state index contributed by atoms with van der Waals surface area (Å²) in [6, 6.07) is 15.8. The third-order valence-corrected chi connectivity index (χ3v) is 5.40. The van der Waals surface area contributed by atoms with Crippen LogP contribution < -0.4 is 4.74 Å². The lowest BCUT2D eigenvalue weighted by Gasteiger charge is -2.38. The van der Waals surface area contributed by atoms with Gasteiger partial charge in [0.05, 0.1) is 12.2 Å². The number of hydrogen-bond donors (Lipinski definition) is 0. The maximum absolute atomic E-state index is 11.9. The summed E-state index contributed by atoms with van der Waals surface area (Å²) in [5, 5.41) is 0. The third kappa shape index (κ3) is 2.96. The Balaban J connectivity index is 1.44. The number of carbonyl (C=O) groups is 1. The number of para-hydroxylation sites is 3. The van der Waals surface area contributed by atoms with Crippen LogP contribution in [0, 0.1) is 0 Å². The van der Waals surface area contributed by atoms with E-state index in [9.17, 15) is 4.79 Å². The molecule has 0 bridgehead atoms. The van der Waals surface area contributed by atoms with Crippen LogP contribution in [0.1, 0.15) is 12.0 Å². The van der Waals surface area contributed by atoms with Gasteiger partial charge in [-0.15, -0.1) is 0 Å². The molecule has 0 saturated carbocycles. The van der Waals surface area contributed by atoms with E-state index in [1.165, 1.54) is 0 Å². The average Bonchev–Trinajstić information content (AvgIpc) is 3.06. The SMILES string of the molecule is O=C1OCCC1N1CCN(C2=Nc3ccccc3Oc3ccccc32)CC1. The second-order valence-electron chi connectivity index (χ2n) is 7.00. The van der Waals surface area contributed by atoms with Crippen molar-refractivity contribution < 1.29 is 14.3 Å². The standard InChI is InChI=1S/C21H21N3O3/c25-21-17(9-14-26-21)23-10-12-24(13-11-23)20-15-5-1-3-7-18(15)27-19-8-4-2-6-16(19)22-20/h1-8,17H,9-14H2. The fourth-order valence-electron chi connectivity index (χ4n) is 3.97. The molecular formula is C21H21N3O3. The van der Waals surface area contributed by atoms with Crippen molar-refractivity contribution in [1.29, 1.82) is 0 Å². The highest BCUT2D eigenvalue weighted by Gasteiger charge is 2.35. The number of benzene rings is 2. The topological polar surface area (TPSA) is 54.4 Å². The van der Waals surface area contributed by atoms with Crippen LogP contribution in [0.2, 0.25) is 0 Å². The largest absolute Gasteiger partial charge is 0.464 e. The quantitative estimate of drug-likeness (QED) is 0.730. The van der Waals surface area contributed by atoms with Crippen LogP contribution >= 0.6 is 0 Å². The first-order chi connectivity index (χ1) is 13.3. The lowest BCUT2D eigenvalue weighted by atomic mass is 10.1. The molecule has 0 spiro atoms. The number of hydrogen-bond acceptors (Lipinski definition) is 6. The molecule has 2 saturated heterocycles. The van der Waals surface area contributed by atoms with Gasteiger partial charge >= 0.3 is 5.97 Å². The monoisotopic (exact) mass is 363 g/mol. The fraction of sp³-hybridized carbons (Fsp3) is 0.333. The Bertz CT molecular complexity index is 903. The summed E-state index contributed by atoms with van der Waals surface area (Å²) in [4.78, 5) is 21.4. The number of aliphatic imine (C=N–C) groups is 1. The smallest absolute Gasteiger partial charge is 0.323 e. The molecule has 1 atom stereocenters. The van der Waals surface area contributed by atoms with Gasteiger partial charge in [0.15, 0.2) is 5.75 Å². The van der Waals surface area contributed by atoms with Gasteiger partial charge < -0.3 is 14.4 Å². The van der Waals surface area contributed by atoms with E-state index in [4.69, 9.17) is 14.5 Å². The molecule has 27 heavy (non-hydrogen) atoms. The molecule has 1 unspecified atom stereocenters. The number of rotatable bonds is 1. The van der Waals surface area contributed by atoms with Crippen LogP contribution in [0.15, 0.2) is 53.5 Å². The zero-order valence-electron chi connectivity index (χ0n) is 15.0. The van der Waals surface area contributed by atoms with E-state index in [0.29, 0.717) is 6.61 Å². The zero-order chi connectivity index (χ0) is 18.2. The molecule has 138 valence electrons. The van der Waals surface area contributed by atoms with Crippen LogP contribution in [-0.2, 0) is 9.53 Å². The molecule has 3 aliphatic rings. The second-order valence-corrected chi connectivity index (χ2v) is 7.00. The predicted octanol–water partition coefficient (Wildman–Crippen LogP) is 2.80. The van der Waals surface area contributed by atoms with Crippen molar-refractivity contribution >= 4 is 17.5 Å². The Morgan fingerprint density at radius 3 is 2.44 bits per heavy atom. The van der Waals surface area contributed by atoms with E-state index in [1.54, 1.807) is 0 Å². The first kappa shape index (κ1) is 16.3. The Morgan fingerprint density at radius 1 is 0.926 bits per heavy atom. The van der Waals surface area contributed by atoms with Gasteiger partial charge in [-0.2, -0.15) is 0 Å². The number of nitrogens with zero attached hydrogens (tertiary/aromatic N) is 3. The molecular weight excluding hydrogens is 342 g/mol. The van der Waals surface area contributed by atoms with E-state index >= 15 is 0 Å². The Labute approximate surface area is 158 Å². The Kier molecular flexibility index (Phi) is 4.05. The average molecular weight is 363 g/mol. The minimum Gasteiger partial charge on any atom is -0.464 e. The van der Waals surface area contributed by atoms with Crippen LogP contribution in [-0.4, -0.2) is 60.4 Å². The molecule has 0 amide bonds. The number of esters is 1. The van der Waals surface area contributed by atoms with Crippen molar-refractivity contribution in [2.24, 2.45) is 4.99 Å². The molecule has 3 heterocycles. The highest BCUT2D eigenvalue weighted by Crippen LogP contribution is 2.38. The maximum Gasteiger partial charge on any atom is 0.323 e. The number of cyclic esters (lactones) is 1. The number of ether oxygens (including phenoxy) is 2. The summed E-state index contributed by atoms with van der Waals surface area (Å²) < 4.78 is 11.3. The molecule has 5 rings (SSSR count). The van der Waals surface area contributed by atoms with Crippen molar-refractivity contribution in [1.82, 2.24) is 9.80 Å². The summed E-state index contributed by atoms with van der Waals surface area (Å²) in [5.41, 5.74) is 1.84. The van der Waals surface area contributed by atoms with Crippen molar-refractivity contribution in [3.8, 4) is 11.5 Å². The number of amidine groups is 1. The van der Waals surface area contributed by atoms with E-state index in [0.717, 1.165) is 61.2 Å². The molecule has 0 radical (unpaired) electrons. The molecule has 2 aromatic carbocycles. The second kappa shape index (κ2) is 6.70. The van der Waals surface area contributed by atoms with Gasteiger partial charge in [-0.05, 0) is 24.3 Å². The van der Waals surface area contributed by atoms with Crippen LogP contribution in [0.4, 0.5) is 5.69 Å². The molecule has 2 aromatic rings. The van der Waals surface area contributed by atoms with E-state index in [-0.39, 0.29) is 12.0 Å². The zero-order valence-corrected chi connectivity index (χ0v) is 15.0. The van der Waals surface area contributed by atoms with Gasteiger partial charge in [-0.25, -0.2) is 4.99 Å². The van der Waals surface area contributed by atoms with Gasteiger partial charge in [-0.3, -0.25) is 9.69 Å². The molecule has 6 nitrogen and oxygen atoms in total. The molecule has 6 heteroatoms. The summed E-state index contributed by atoms with van der Waals surface area (Å²) in [6.45, 7) is 3.82. The van der Waals surface area contributed by atoms with Crippen LogP contribution in [0.25, 0.3) is 0 Å². The van der Waals surface area contributed by atoms with Crippen LogP contribution in [0.5, 0.6) is 11.5 Å². The van der Waals surface area contributed by atoms with Gasteiger partial charge in [0.2, 0.25) is 0 Å². The highest BCUT2D eigenvalue weighted by atomic mass is 16.5. The van der Waals surface area contributed by atoms with Crippen molar-refractivity contribution in [2.45, 2.75) is 12.5 Å². The normalized spacial score (nSPS) is 22.2. The van der Waals surface area contributed by atoms with E-state index in [2.05, 4.69) is 15.9 Å². The van der Waals surface area contributed by atoms with Crippen molar-refractivity contribution in [2.75, 3.05) is 32.8 Å². The summed E-state index contributed by atoms with van der Waals surface area (Å²) >= 11 is 0. The van der Waals surface area contributed by atoms with Crippen molar-refractivity contribution in [3.05, 3.63) is 54.1 Å². The highest BCUT2D eigenvalue weighted by molar-refractivity contribution is 6.03. The van der Waals surface area contributed by atoms with E-state index in [1.807, 2.05) is 42.5 Å². The van der Waals surface area contributed by atoms with Gasteiger partial charge in [-0.1, -0.05) is 24.3 Å². The first-order valence-corrected chi connectivity index (χ1v) is 9.40. The van der Waals surface area contributed by atoms with Crippen LogP contribution in [0.3, 0.4) is 0 Å². The van der Waals surface area contributed by atoms with E-state index < -0.39 is 0 Å². The molecule has 2 fully saturated rings. The lowest BCUT2D eigenvalue weighted by molar-refractivity contribution is -0.142. The summed E-state index contributed by atoms with van der Waals surface area (Å²) in [6.07, 6.45) is 0.795. The third-order valence-electron chi connectivity index (χ3n) is 5.40. The first-order valence-electron chi connectivity index (χ1n) is 9.40. The van der Waals surface area contributed by atoms with Gasteiger partial charge in [0.1, 0.15) is 23.3 Å². The molecule has 3 aliphatic heterocycles. The number of fused-ring (bicyclic) bond motifs is 2. The summed E-state index contributed by atoms with van der Waals surface area (Å²) in [5.74, 6) is 2.45.